The first kappa shape index (κ1) is 9.78. The Hall–Kier alpha value is -0.760. The normalized spacial score (nSPS) is 27.2. The van der Waals surface area contributed by atoms with Crippen LogP contribution in [0.25, 0.3) is 0 Å². The summed E-state index contributed by atoms with van der Waals surface area (Å²) in [7, 11) is 0. The van der Waals surface area contributed by atoms with E-state index in [0.717, 1.165) is 18.5 Å². The topological polar surface area (TPSA) is 24.9 Å². The predicted octanol–water partition coefficient (Wildman–Crippen LogP) is 3.04. The van der Waals surface area contributed by atoms with Crippen LogP contribution in [0.1, 0.15) is 25.7 Å². The maximum absolute atomic E-state index is 6.05. The van der Waals surface area contributed by atoms with E-state index < -0.39 is 0 Å². The van der Waals surface area contributed by atoms with Crippen LogP contribution in [0.2, 0.25) is 0 Å². The van der Waals surface area contributed by atoms with Crippen LogP contribution in [0, 0.1) is 0 Å². The number of nitrogens with one attached hydrogen (secondary N) is 1. The molecule has 1 aromatic rings. The van der Waals surface area contributed by atoms with Gasteiger partial charge < -0.3 is 5.32 Å². The van der Waals surface area contributed by atoms with E-state index in [1.165, 1.54) is 12.8 Å². The van der Waals surface area contributed by atoms with Crippen LogP contribution in [-0.4, -0.2) is 16.4 Å². The van der Waals surface area contributed by atoms with E-state index in [-0.39, 0.29) is 0 Å². The van der Waals surface area contributed by atoms with E-state index in [9.17, 15) is 0 Å². The second-order valence-electron chi connectivity index (χ2n) is 3.83. The molecule has 2 rings (SSSR count). The molecule has 0 saturated heterocycles. The van der Waals surface area contributed by atoms with Gasteiger partial charge in [-0.15, -0.1) is 11.6 Å². The first-order chi connectivity index (χ1) is 6.84. The van der Waals surface area contributed by atoms with Crippen LogP contribution >= 0.6 is 11.6 Å². The Kier molecular flexibility index (Phi) is 3.25. The second-order valence-corrected chi connectivity index (χ2v) is 4.45. The van der Waals surface area contributed by atoms with Gasteiger partial charge in [0.2, 0.25) is 0 Å². The van der Waals surface area contributed by atoms with Gasteiger partial charge in [0, 0.05) is 29.5 Å². The maximum atomic E-state index is 6.05. The van der Waals surface area contributed by atoms with Gasteiger partial charge in [0.15, 0.2) is 0 Å². The summed E-state index contributed by atoms with van der Waals surface area (Å²) in [5.74, 6) is 0. The van der Waals surface area contributed by atoms with Crippen LogP contribution in [0.3, 0.4) is 0 Å². The van der Waals surface area contributed by atoms with Crippen molar-refractivity contribution < 1.29 is 0 Å². The van der Waals surface area contributed by atoms with Crippen LogP contribution in [0.4, 0.5) is 5.69 Å². The van der Waals surface area contributed by atoms with Crippen molar-refractivity contribution in [3.05, 3.63) is 24.5 Å². The Balaban J connectivity index is 1.87. The Morgan fingerprint density at radius 2 is 1.79 bits per heavy atom. The minimum atomic E-state index is 0.394. The van der Waals surface area contributed by atoms with Crippen molar-refractivity contribution in [1.82, 2.24) is 4.98 Å². The minimum absolute atomic E-state index is 0.394. The van der Waals surface area contributed by atoms with Gasteiger partial charge in [0.1, 0.15) is 0 Å². The van der Waals surface area contributed by atoms with Gasteiger partial charge in [0.05, 0.1) is 0 Å². The molecule has 0 bridgehead atoms. The molecule has 0 radical (unpaired) electrons. The first-order valence-electron chi connectivity index (χ1n) is 5.15. The summed E-state index contributed by atoms with van der Waals surface area (Å²) in [6.07, 6.45) is 8.24. The fourth-order valence-electron chi connectivity index (χ4n) is 1.88. The molecule has 0 atom stereocenters. The molecule has 0 aliphatic heterocycles. The van der Waals surface area contributed by atoms with Gasteiger partial charge in [-0.25, -0.2) is 0 Å². The molecule has 0 spiro atoms. The van der Waals surface area contributed by atoms with Gasteiger partial charge in [0.25, 0.3) is 0 Å². The molecule has 76 valence electrons. The smallest absolute Gasteiger partial charge is 0.0373 e. The fraction of sp³-hybridized carbons (Fsp3) is 0.545. The summed E-state index contributed by atoms with van der Waals surface area (Å²) in [6.45, 7) is 0. The summed E-state index contributed by atoms with van der Waals surface area (Å²) in [5, 5.41) is 3.90. The van der Waals surface area contributed by atoms with Gasteiger partial charge in [-0.05, 0) is 37.8 Å². The van der Waals surface area contributed by atoms with Crippen molar-refractivity contribution in [3.8, 4) is 0 Å². The Morgan fingerprint density at radius 1 is 1.14 bits per heavy atom. The van der Waals surface area contributed by atoms with Crippen LogP contribution < -0.4 is 5.32 Å². The predicted molar refractivity (Wildman–Crippen MR) is 59.8 cm³/mol. The highest BCUT2D eigenvalue weighted by molar-refractivity contribution is 6.20. The highest BCUT2D eigenvalue weighted by Crippen LogP contribution is 2.25. The van der Waals surface area contributed by atoms with Crippen molar-refractivity contribution in [2.75, 3.05) is 5.32 Å². The molecule has 1 saturated carbocycles. The van der Waals surface area contributed by atoms with E-state index >= 15 is 0 Å². The third-order valence-corrected chi connectivity index (χ3v) is 3.14. The third kappa shape index (κ3) is 2.61. The zero-order valence-corrected chi connectivity index (χ0v) is 8.87. The SMILES string of the molecule is ClC1CCC(Nc2ccncc2)CC1. The number of halogens is 1. The number of rotatable bonds is 2. The number of hydrogen-bond donors (Lipinski definition) is 1. The molecule has 1 N–H and O–H groups in total. The fourth-order valence-corrected chi connectivity index (χ4v) is 2.13. The molecule has 14 heavy (non-hydrogen) atoms. The molecule has 0 aromatic carbocycles. The molecular weight excluding hydrogens is 196 g/mol. The Labute approximate surface area is 89.7 Å². The summed E-state index contributed by atoms with van der Waals surface area (Å²) < 4.78 is 0. The monoisotopic (exact) mass is 210 g/mol. The number of nitrogens with zero attached hydrogens (tertiary/aromatic N) is 1. The average molecular weight is 211 g/mol. The van der Waals surface area contributed by atoms with E-state index in [2.05, 4.69) is 10.3 Å². The van der Waals surface area contributed by atoms with Gasteiger partial charge in [-0.3, -0.25) is 4.98 Å². The molecule has 1 aromatic heterocycles. The second kappa shape index (κ2) is 4.65. The van der Waals surface area contributed by atoms with Crippen LogP contribution in [0.5, 0.6) is 0 Å². The number of anilines is 1. The van der Waals surface area contributed by atoms with Gasteiger partial charge in [-0.1, -0.05) is 0 Å². The van der Waals surface area contributed by atoms with E-state index in [1.54, 1.807) is 0 Å². The van der Waals surface area contributed by atoms with Crippen molar-refractivity contribution in [2.45, 2.75) is 37.1 Å². The number of alkyl halides is 1. The number of hydrogen-bond acceptors (Lipinski definition) is 2. The van der Waals surface area contributed by atoms with Crippen LogP contribution in [-0.2, 0) is 0 Å². The van der Waals surface area contributed by atoms with Crippen molar-refractivity contribution in [3.63, 3.8) is 0 Å². The third-order valence-electron chi connectivity index (χ3n) is 2.71. The van der Waals surface area contributed by atoms with Crippen LogP contribution in [0.15, 0.2) is 24.5 Å². The molecule has 0 amide bonds. The summed E-state index contributed by atoms with van der Waals surface area (Å²) in [5.41, 5.74) is 1.16. The Morgan fingerprint density at radius 3 is 2.43 bits per heavy atom. The summed E-state index contributed by atoms with van der Waals surface area (Å²) in [4.78, 5) is 3.99. The zero-order valence-electron chi connectivity index (χ0n) is 8.12. The van der Waals surface area contributed by atoms with Gasteiger partial charge in [-0.2, -0.15) is 0 Å². The van der Waals surface area contributed by atoms with E-state index in [4.69, 9.17) is 11.6 Å². The lowest BCUT2D eigenvalue weighted by molar-refractivity contribution is 0.468. The highest BCUT2D eigenvalue weighted by Gasteiger charge is 2.18. The number of pyridine rings is 1. The molecule has 3 heteroatoms. The molecule has 1 heterocycles. The molecular formula is C11H15ClN2. The van der Waals surface area contributed by atoms with E-state index in [0.29, 0.717) is 11.4 Å². The minimum Gasteiger partial charge on any atom is -0.382 e. The first-order valence-corrected chi connectivity index (χ1v) is 5.59. The molecule has 2 nitrogen and oxygen atoms in total. The number of aromatic nitrogens is 1. The molecule has 0 unspecified atom stereocenters. The van der Waals surface area contributed by atoms with E-state index in [1.807, 2.05) is 24.5 Å². The standard InChI is InChI=1S/C11H15ClN2/c12-9-1-3-10(4-2-9)14-11-5-7-13-8-6-11/h5-10H,1-4H2,(H,13,14). The molecule has 1 fully saturated rings. The maximum Gasteiger partial charge on any atom is 0.0373 e. The van der Waals surface area contributed by atoms with Crippen molar-refractivity contribution >= 4 is 17.3 Å². The van der Waals surface area contributed by atoms with Gasteiger partial charge >= 0.3 is 0 Å². The average Bonchev–Trinajstić information content (AvgIpc) is 2.23. The zero-order chi connectivity index (χ0) is 9.80. The lowest BCUT2D eigenvalue weighted by Gasteiger charge is -2.26. The Bertz CT molecular complexity index is 268. The molecule has 1 aliphatic rings. The molecule has 1 aliphatic carbocycles. The lowest BCUT2D eigenvalue weighted by Crippen LogP contribution is -2.26. The summed E-state index contributed by atoms with van der Waals surface area (Å²) in [6, 6.07) is 4.60. The quantitative estimate of drug-likeness (QED) is 0.759. The van der Waals surface area contributed by atoms with Crippen molar-refractivity contribution in [1.29, 1.82) is 0 Å². The largest absolute Gasteiger partial charge is 0.382 e. The lowest BCUT2D eigenvalue weighted by atomic mass is 9.95. The highest BCUT2D eigenvalue weighted by atomic mass is 35.5. The summed E-state index contributed by atoms with van der Waals surface area (Å²) >= 11 is 6.05. The van der Waals surface area contributed by atoms with Crippen molar-refractivity contribution in [2.24, 2.45) is 0 Å².